The van der Waals surface area contributed by atoms with Crippen molar-refractivity contribution in [2.75, 3.05) is 0 Å². The molecule has 4 heteroatoms. The van der Waals surface area contributed by atoms with Gasteiger partial charge in [-0.15, -0.1) is 11.3 Å². The monoisotopic (exact) mass is 346 g/mol. The van der Waals surface area contributed by atoms with Crippen molar-refractivity contribution in [1.29, 1.82) is 0 Å². The fraction of sp³-hybridized carbons (Fsp3) is 0.190. The van der Waals surface area contributed by atoms with E-state index in [-0.39, 0.29) is 12.3 Å². The molecule has 0 unspecified atom stereocenters. The van der Waals surface area contributed by atoms with Gasteiger partial charge in [0, 0.05) is 12.0 Å². The maximum absolute atomic E-state index is 6.32. The van der Waals surface area contributed by atoms with E-state index >= 15 is 0 Å². The third-order valence-electron chi connectivity index (χ3n) is 4.87. The summed E-state index contributed by atoms with van der Waals surface area (Å²) in [6.07, 6.45) is 0.758. The van der Waals surface area contributed by atoms with Crippen molar-refractivity contribution in [2.45, 2.75) is 25.6 Å². The largest absolute Gasteiger partial charge is 0.464 e. The van der Waals surface area contributed by atoms with Crippen molar-refractivity contribution in [1.82, 2.24) is 5.01 Å². The van der Waals surface area contributed by atoms with E-state index in [0.717, 1.165) is 17.9 Å². The van der Waals surface area contributed by atoms with Crippen LogP contribution >= 0.6 is 11.3 Å². The van der Waals surface area contributed by atoms with Crippen LogP contribution in [0.3, 0.4) is 0 Å². The van der Waals surface area contributed by atoms with Crippen LogP contribution in [0.15, 0.2) is 71.1 Å². The molecule has 3 aromatic rings. The van der Waals surface area contributed by atoms with Crippen LogP contribution in [0.5, 0.6) is 5.75 Å². The summed E-state index contributed by atoms with van der Waals surface area (Å²) in [5.41, 5.74) is 4.82. The molecule has 0 spiro atoms. The van der Waals surface area contributed by atoms with Crippen LogP contribution in [0.1, 0.15) is 40.3 Å². The number of para-hydroxylation sites is 1. The zero-order valence-corrected chi connectivity index (χ0v) is 14.7. The van der Waals surface area contributed by atoms with Gasteiger partial charge in [-0.05, 0) is 30.0 Å². The second kappa shape index (κ2) is 5.74. The summed E-state index contributed by atoms with van der Waals surface area (Å²) in [5.74, 6) is 0.975. The highest BCUT2D eigenvalue weighted by atomic mass is 32.1. The van der Waals surface area contributed by atoms with Crippen molar-refractivity contribution in [3.05, 3.63) is 87.6 Å². The van der Waals surface area contributed by atoms with Gasteiger partial charge < -0.3 is 4.74 Å². The molecule has 0 saturated carbocycles. The number of benzene rings is 2. The maximum Gasteiger partial charge on any atom is 0.222 e. The zero-order valence-electron chi connectivity index (χ0n) is 13.9. The first kappa shape index (κ1) is 14.7. The summed E-state index contributed by atoms with van der Waals surface area (Å²) in [4.78, 5) is 1.19. The van der Waals surface area contributed by atoms with E-state index in [1.165, 1.54) is 21.6 Å². The summed E-state index contributed by atoms with van der Waals surface area (Å²) in [6.45, 7) is 2.11. The summed E-state index contributed by atoms with van der Waals surface area (Å²) >= 11 is 1.72. The van der Waals surface area contributed by atoms with Crippen molar-refractivity contribution in [3.8, 4) is 5.75 Å². The first-order valence-corrected chi connectivity index (χ1v) is 9.39. The van der Waals surface area contributed by atoms with Crippen LogP contribution in [-0.2, 0) is 0 Å². The van der Waals surface area contributed by atoms with Crippen molar-refractivity contribution in [3.63, 3.8) is 0 Å². The Morgan fingerprint density at radius 2 is 1.88 bits per heavy atom. The van der Waals surface area contributed by atoms with Gasteiger partial charge in [-0.25, -0.2) is 5.01 Å². The van der Waals surface area contributed by atoms with Gasteiger partial charge in [-0.2, -0.15) is 5.10 Å². The fourth-order valence-corrected chi connectivity index (χ4v) is 4.32. The molecule has 2 aliphatic heterocycles. The number of hydrazone groups is 1. The molecule has 2 atom stereocenters. The van der Waals surface area contributed by atoms with Crippen LogP contribution in [0.4, 0.5) is 0 Å². The number of nitrogens with zero attached hydrogens (tertiary/aromatic N) is 2. The minimum Gasteiger partial charge on any atom is -0.464 e. The molecule has 0 amide bonds. The molecule has 1 aromatic heterocycles. The van der Waals surface area contributed by atoms with E-state index in [9.17, 15) is 0 Å². The van der Waals surface area contributed by atoms with Crippen molar-refractivity contribution in [2.24, 2.45) is 5.10 Å². The Hall–Kier alpha value is -2.59. The van der Waals surface area contributed by atoms with E-state index in [2.05, 4.69) is 71.9 Å². The minimum absolute atomic E-state index is 0.150. The average molecular weight is 346 g/mol. The number of hydrogen-bond acceptors (Lipinski definition) is 4. The van der Waals surface area contributed by atoms with E-state index in [1.807, 2.05) is 6.07 Å². The zero-order chi connectivity index (χ0) is 16.8. The van der Waals surface area contributed by atoms with Gasteiger partial charge in [-0.3, -0.25) is 0 Å². The number of thiophene rings is 1. The van der Waals surface area contributed by atoms with E-state index in [4.69, 9.17) is 9.84 Å². The smallest absolute Gasteiger partial charge is 0.222 e. The number of ether oxygens (including phenoxy) is 1. The number of aryl methyl sites for hydroxylation is 1. The highest BCUT2D eigenvalue weighted by molar-refractivity contribution is 7.10. The topological polar surface area (TPSA) is 24.8 Å². The molecule has 0 radical (unpaired) electrons. The molecule has 3 heterocycles. The molecule has 0 bridgehead atoms. The lowest BCUT2D eigenvalue weighted by atomic mass is 9.96. The summed E-state index contributed by atoms with van der Waals surface area (Å²) in [5, 5.41) is 9.21. The molecule has 25 heavy (non-hydrogen) atoms. The van der Waals surface area contributed by atoms with Gasteiger partial charge in [0.1, 0.15) is 5.75 Å². The molecule has 2 aromatic carbocycles. The Morgan fingerprint density at radius 1 is 1.04 bits per heavy atom. The lowest BCUT2D eigenvalue weighted by Gasteiger charge is -2.37. The van der Waals surface area contributed by atoms with Gasteiger partial charge in [0.05, 0.1) is 16.6 Å². The quantitative estimate of drug-likeness (QED) is 0.629. The Morgan fingerprint density at radius 3 is 2.68 bits per heavy atom. The Bertz CT molecular complexity index is 931. The molecule has 0 saturated heterocycles. The van der Waals surface area contributed by atoms with Crippen LogP contribution in [0.2, 0.25) is 0 Å². The van der Waals surface area contributed by atoms with Crippen LogP contribution in [-0.4, -0.2) is 10.7 Å². The van der Waals surface area contributed by atoms with Gasteiger partial charge in [0.25, 0.3) is 0 Å². The molecule has 0 aliphatic carbocycles. The van der Waals surface area contributed by atoms with Gasteiger partial charge in [0.15, 0.2) is 0 Å². The number of fused-ring (bicyclic) bond motifs is 3. The summed E-state index contributed by atoms with van der Waals surface area (Å²) in [7, 11) is 0. The SMILES string of the molecule is Cc1ccc(C2=NN3[C@H](C2)c2ccccc2O[C@@H]3c2cccs2)cc1. The molecule has 124 valence electrons. The lowest BCUT2D eigenvalue weighted by molar-refractivity contribution is -0.0165. The highest BCUT2D eigenvalue weighted by Gasteiger charge is 2.41. The molecular formula is C21H18N2OS. The van der Waals surface area contributed by atoms with Crippen LogP contribution in [0.25, 0.3) is 0 Å². The molecular weight excluding hydrogens is 328 g/mol. The van der Waals surface area contributed by atoms with Crippen molar-refractivity contribution < 1.29 is 4.74 Å². The predicted octanol–water partition coefficient (Wildman–Crippen LogP) is 5.30. The number of rotatable bonds is 2. The van der Waals surface area contributed by atoms with Crippen LogP contribution < -0.4 is 4.74 Å². The van der Waals surface area contributed by atoms with E-state index in [0.29, 0.717) is 0 Å². The summed E-state index contributed by atoms with van der Waals surface area (Å²) in [6, 6.07) is 21.4. The standard InChI is InChI=1S/C21H18N2OS/c1-14-8-10-15(11-9-14)17-13-18-16-5-2-3-6-19(16)24-21(23(18)22-17)20-7-4-12-25-20/h2-12,18,21H,13H2,1H3/t18-,21-/m1/s1. The van der Waals surface area contributed by atoms with Gasteiger partial charge in [-0.1, -0.05) is 54.1 Å². The van der Waals surface area contributed by atoms with Gasteiger partial charge in [0.2, 0.25) is 6.23 Å². The molecule has 2 aliphatic rings. The first-order valence-electron chi connectivity index (χ1n) is 8.51. The van der Waals surface area contributed by atoms with Crippen LogP contribution in [0, 0.1) is 6.92 Å². The highest BCUT2D eigenvalue weighted by Crippen LogP contribution is 2.47. The van der Waals surface area contributed by atoms with Gasteiger partial charge >= 0.3 is 0 Å². The third kappa shape index (κ3) is 2.45. The molecule has 5 rings (SSSR count). The Kier molecular flexibility index (Phi) is 3.38. The fourth-order valence-electron chi connectivity index (χ4n) is 3.57. The maximum atomic E-state index is 6.32. The number of hydrogen-bond donors (Lipinski definition) is 0. The first-order chi connectivity index (χ1) is 12.3. The normalized spacial score (nSPS) is 21.3. The molecule has 3 nitrogen and oxygen atoms in total. The van der Waals surface area contributed by atoms with E-state index in [1.54, 1.807) is 11.3 Å². The predicted molar refractivity (Wildman–Crippen MR) is 101 cm³/mol. The third-order valence-corrected chi connectivity index (χ3v) is 5.77. The Labute approximate surface area is 151 Å². The molecule has 0 fully saturated rings. The molecule has 0 N–H and O–H groups in total. The second-order valence-electron chi connectivity index (χ2n) is 6.54. The minimum atomic E-state index is -0.150. The summed E-state index contributed by atoms with van der Waals surface area (Å²) < 4.78 is 6.32. The average Bonchev–Trinajstić information content (AvgIpc) is 3.32. The second-order valence-corrected chi connectivity index (χ2v) is 7.52. The van der Waals surface area contributed by atoms with Crippen molar-refractivity contribution >= 4 is 17.0 Å². The Balaban J connectivity index is 1.59. The lowest BCUT2D eigenvalue weighted by Crippen LogP contribution is -2.33. The van der Waals surface area contributed by atoms with E-state index < -0.39 is 0 Å².